The molecule has 0 N–H and O–H groups in total. The van der Waals surface area contributed by atoms with Gasteiger partial charge < -0.3 is 4.57 Å². The average molecular weight is 175 g/mol. The van der Waals surface area contributed by atoms with Crippen molar-refractivity contribution in [3.8, 4) is 11.5 Å². The summed E-state index contributed by atoms with van der Waals surface area (Å²) >= 11 is 0. The first-order chi connectivity index (χ1) is 6.29. The molecule has 2 aromatic heterocycles. The SMILES string of the molecule is Cn1cnnc1-c1cccc[n+]1C. The molecule has 2 heterocycles. The van der Waals surface area contributed by atoms with E-state index < -0.39 is 0 Å². The van der Waals surface area contributed by atoms with Crippen molar-refractivity contribution >= 4 is 0 Å². The largest absolute Gasteiger partial charge is 0.312 e. The molecule has 0 aliphatic carbocycles. The molecule has 2 rings (SSSR count). The molecule has 2 aromatic rings. The van der Waals surface area contributed by atoms with Gasteiger partial charge in [-0.25, -0.2) is 0 Å². The summed E-state index contributed by atoms with van der Waals surface area (Å²) in [6.07, 6.45) is 3.69. The minimum absolute atomic E-state index is 0.878. The third kappa shape index (κ3) is 1.30. The Labute approximate surface area is 76.5 Å². The van der Waals surface area contributed by atoms with Crippen LogP contribution in [-0.4, -0.2) is 14.8 Å². The number of hydrogen-bond donors (Lipinski definition) is 0. The van der Waals surface area contributed by atoms with Gasteiger partial charge in [0.15, 0.2) is 6.20 Å². The topological polar surface area (TPSA) is 34.6 Å². The normalized spacial score (nSPS) is 10.3. The number of pyridine rings is 1. The van der Waals surface area contributed by atoms with Crippen LogP contribution in [0.15, 0.2) is 30.7 Å². The molecule has 66 valence electrons. The highest BCUT2D eigenvalue weighted by molar-refractivity contribution is 5.43. The van der Waals surface area contributed by atoms with Crippen LogP contribution in [0.5, 0.6) is 0 Å². The lowest BCUT2D eigenvalue weighted by Gasteiger charge is -1.97. The van der Waals surface area contributed by atoms with Crippen LogP contribution < -0.4 is 4.57 Å². The summed E-state index contributed by atoms with van der Waals surface area (Å²) in [5, 5.41) is 7.88. The molecule has 0 radical (unpaired) electrons. The minimum Gasteiger partial charge on any atom is -0.312 e. The monoisotopic (exact) mass is 175 g/mol. The lowest BCUT2D eigenvalue weighted by atomic mass is 10.3. The smallest absolute Gasteiger partial charge is 0.250 e. The van der Waals surface area contributed by atoms with E-state index in [2.05, 4.69) is 10.2 Å². The Morgan fingerprint density at radius 1 is 1.38 bits per heavy atom. The molecule has 0 spiro atoms. The van der Waals surface area contributed by atoms with Crippen molar-refractivity contribution < 1.29 is 4.57 Å². The van der Waals surface area contributed by atoms with Crippen LogP contribution >= 0.6 is 0 Å². The molecule has 0 fully saturated rings. The van der Waals surface area contributed by atoms with Gasteiger partial charge in [-0.05, 0) is 6.07 Å². The molecule has 4 nitrogen and oxygen atoms in total. The highest BCUT2D eigenvalue weighted by Crippen LogP contribution is 2.08. The summed E-state index contributed by atoms with van der Waals surface area (Å²) in [4.78, 5) is 0. The van der Waals surface area contributed by atoms with Crippen molar-refractivity contribution in [2.75, 3.05) is 0 Å². The molecular weight excluding hydrogens is 164 g/mol. The Morgan fingerprint density at radius 3 is 2.85 bits per heavy atom. The summed E-state index contributed by atoms with van der Waals surface area (Å²) in [7, 11) is 3.92. The first-order valence-corrected chi connectivity index (χ1v) is 4.08. The number of hydrogen-bond acceptors (Lipinski definition) is 2. The Kier molecular flexibility index (Phi) is 1.81. The van der Waals surface area contributed by atoms with Gasteiger partial charge in [-0.1, -0.05) is 0 Å². The van der Waals surface area contributed by atoms with E-state index in [1.165, 1.54) is 0 Å². The second-order valence-corrected chi connectivity index (χ2v) is 2.96. The zero-order valence-corrected chi connectivity index (χ0v) is 7.68. The van der Waals surface area contributed by atoms with Crippen molar-refractivity contribution in [3.63, 3.8) is 0 Å². The maximum absolute atomic E-state index is 4.04. The fraction of sp³-hybridized carbons (Fsp3) is 0.222. The van der Waals surface area contributed by atoms with Crippen molar-refractivity contribution in [3.05, 3.63) is 30.7 Å². The van der Waals surface area contributed by atoms with Crippen LogP contribution in [0.25, 0.3) is 11.5 Å². The standard InChI is InChI=1S/C9H11N4/c1-12-6-4-3-5-8(12)9-11-10-7-13(9)2/h3-7H,1-2H3/q+1. The number of rotatable bonds is 1. The molecule has 0 aromatic carbocycles. The van der Waals surface area contributed by atoms with Gasteiger partial charge in [0.1, 0.15) is 13.4 Å². The number of nitrogens with zero attached hydrogens (tertiary/aromatic N) is 4. The summed E-state index contributed by atoms with van der Waals surface area (Å²) in [6, 6.07) is 5.99. The predicted molar refractivity (Wildman–Crippen MR) is 47.6 cm³/mol. The highest BCUT2D eigenvalue weighted by atomic mass is 15.3. The Morgan fingerprint density at radius 2 is 2.23 bits per heavy atom. The van der Waals surface area contributed by atoms with E-state index in [4.69, 9.17) is 0 Å². The quantitative estimate of drug-likeness (QED) is 0.584. The highest BCUT2D eigenvalue weighted by Gasteiger charge is 2.12. The van der Waals surface area contributed by atoms with Crippen LogP contribution in [0.4, 0.5) is 0 Å². The molecular formula is C9H11N4+. The predicted octanol–water partition coefficient (Wildman–Crippen LogP) is 0.307. The van der Waals surface area contributed by atoms with Crippen molar-refractivity contribution in [2.45, 2.75) is 0 Å². The molecule has 0 saturated heterocycles. The molecule has 0 saturated carbocycles. The van der Waals surface area contributed by atoms with Crippen LogP contribution in [0.3, 0.4) is 0 Å². The third-order valence-electron chi connectivity index (χ3n) is 2.00. The van der Waals surface area contributed by atoms with Crippen molar-refractivity contribution in [1.29, 1.82) is 0 Å². The molecule has 0 amide bonds. The van der Waals surface area contributed by atoms with Crippen LogP contribution in [0.2, 0.25) is 0 Å². The first-order valence-electron chi connectivity index (χ1n) is 4.08. The summed E-state index contributed by atoms with van der Waals surface area (Å²) in [5.41, 5.74) is 1.06. The lowest BCUT2D eigenvalue weighted by molar-refractivity contribution is -0.660. The van der Waals surface area contributed by atoms with Crippen LogP contribution in [-0.2, 0) is 14.1 Å². The Bertz CT molecular complexity index is 419. The summed E-state index contributed by atoms with van der Waals surface area (Å²) in [6.45, 7) is 0. The fourth-order valence-electron chi connectivity index (χ4n) is 1.27. The van der Waals surface area contributed by atoms with E-state index in [1.807, 2.05) is 47.6 Å². The number of aromatic nitrogens is 4. The van der Waals surface area contributed by atoms with E-state index in [1.54, 1.807) is 6.33 Å². The lowest BCUT2D eigenvalue weighted by Crippen LogP contribution is -2.30. The van der Waals surface area contributed by atoms with Gasteiger partial charge >= 0.3 is 0 Å². The van der Waals surface area contributed by atoms with Gasteiger partial charge in [0, 0.05) is 19.2 Å². The number of aryl methyl sites for hydroxylation is 2. The molecule has 4 heteroatoms. The molecule has 0 bridgehead atoms. The average Bonchev–Trinajstić information content (AvgIpc) is 2.52. The molecule has 0 aliphatic heterocycles. The zero-order chi connectivity index (χ0) is 9.26. The van der Waals surface area contributed by atoms with E-state index in [0.29, 0.717) is 0 Å². The van der Waals surface area contributed by atoms with Crippen LogP contribution in [0.1, 0.15) is 0 Å². The Hall–Kier alpha value is -1.71. The van der Waals surface area contributed by atoms with E-state index in [-0.39, 0.29) is 0 Å². The summed E-state index contributed by atoms with van der Waals surface area (Å²) in [5.74, 6) is 0.878. The van der Waals surface area contributed by atoms with Gasteiger partial charge in [-0.15, -0.1) is 10.2 Å². The van der Waals surface area contributed by atoms with Gasteiger partial charge in [-0.2, -0.15) is 4.57 Å². The second kappa shape index (κ2) is 2.97. The van der Waals surface area contributed by atoms with E-state index >= 15 is 0 Å². The third-order valence-corrected chi connectivity index (χ3v) is 2.00. The van der Waals surface area contributed by atoms with Gasteiger partial charge in [-0.3, -0.25) is 0 Å². The molecule has 0 unspecified atom stereocenters. The van der Waals surface area contributed by atoms with Gasteiger partial charge in [0.2, 0.25) is 11.5 Å². The maximum Gasteiger partial charge on any atom is 0.250 e. The zero-order valence-electron chi connectivity index (χ0n) is 7.68. The summed E-state index contributed by atoms with van der Waals surface area (Å²) < 4.78 is 3.92. The van der Waals surface area contributed by atoms with Crippen molar-refractivity contribution in [1.82, 2.24) is 14.8 Å². The second-order valence-electron chi connectivity index (χ2n) is 2.96. The molecule has 0 atom stereocenters. The van der Waals surface area contributed by atoms with Gasteiger partial charge in [0.05, 0.1) is 0 Å². The van der Waals surface area contributed by atoms with E-state index in [9.17, 15) is 0 Å². The van der Waals surface area contributed by atoms with Crippen LogP contribution in [0, 0.1) is 0 Å². The van der Waals surface area contributed by atoms with Gasteiger partial charge in [0.25, 0.3) is 0 Å². The molecule has 0 aliphatic rings. The Balaban J connectivity index is 2.59. The molecule has 13 heavy (non-hydrogen) atoms. The van der Waals surface area contributed by atoms with Crippen molar-refractivity contribution in [2.24, 2.45) is 14.1 Å². The maximum atomic E-state index is 4.04. The van der Waals surface area contributed by atoms with E-state index in [0.717, 1.165) is 11.5 Å². The first kappa shape index (κ1) is 7.91. The fourth-order valence-corrected chi connectivity index (χ4v) is 1.27. The minimum atomic E-state index is 0.878.